The molecule has 0 atom stereocenters. The number of rotatable bonds is 9. The largest absolute Gasteiger partial charge is 0.455 e. The molecule has 0 spiro atoms. The van der Waals surface area contributed by atoms with Gasteiger partial charge in [-0.05, 0) is 123 Å². The van der Waals surface area contributed by atoms with Crippen LogP contribution in [0.5, 0.6) is 0 Å². The number of anilines is 3. The van der Waals surface area contributed by atoms with Crippen LogP contribution in [0.2, 0.25) is 0 Å². The molecule has 0 bridgehead atoms. The van der Waals surface area contributed by atoms with Crippen molar-refractivity contribution < 1.29 is 4.42 Å². The van der Waals surface area contributed by atoms with Crippen LogP contribution in [0.25, 0.3) is 105 Å². The van der Waals surface area contributed by atoms with E-state index < -0.39 is 0 Å². The third-order valence-corrected chi connectivity index (χ3v) is 13.6. The van der Waals surface area contributed by atoms with Crippen molar-refractivity contribution in [1.29, 1.82) is 0 Å². The Labute approximate surface area is 401 Å². The third kappa shape index (κ3) is 7.16. The summed E-state index contributed by atoms with van der Waals surface area (Å²) in [6, 6.07) is 96.0. The molecule has 11 aromatic carbocycles. The van der Waals surface area contributed by atoms with E-state index in [0.717, 1.165) is 83.6 Å². The second kappa shape index (κ2) is 16.9. The summed E-state index contributed by atoms with van der Waals surface area (Å²) in [6.07, 6.45) is 0. The van der Waals surface area contributed by atoms with Crippen molar-refractivity contribution in [3.63, 3.8) is 0 Å². The van der Waals surface area contributed by atoms with Crippen LogP contribution in [0.1, 0.15) is 0 Å². The fourth-order valence-electron chi connectivity index (χ4n) is 10.3. The molecular weight excluding hydrogens is 837 g/mol. The number of furan rings is 1. The van der Waals surface area contributed by atoms with Crippen LogP contribution >= 0.6 is 0 Å². The van der Waals surface area contributed by atoms with Crippen LogP contribution in [-0.4, -0.2) is 4.57 Å². The van der Waals surface area contributed by atoms with E-state index in [9.17, 15) is 0 Å². The Hall–Kier alpha value is -9.18. The fourth-order valence-corrected chi connectivity index (χ4v) is 10.3. The average molecular weight is 881 g/mol. The molecule has 0 N–H and O–H groups in total. The van der Waals surface area contributed by atoms with Gasteiger partial charge < -0.3 is 13.9 Å². The second-order valence-electron chi connectivity index (χ2n) is 17.7. The SMILES string of the molecule is c1ccc(-c2cccc(N(c3ccc(-c4ccc(-c5cccc(-n6c7ccccc7c7ccccc76)c5)cc4)cc3)c3cccc(-c4ccc5c(oc6ccccc65)c4-c4ccccc4)c3)c2)cc1. The monoisotopic (exact) mass is 880 g/mol. The summed E-state index contributed by atoms with van der Waals surface area (Å²) in [6.45, 7) is 0. The summed E-state index contributed by atoms with van der Waals surface area (Å²) in [5.74, 6) is 0. The van der Waals surface area contributed by atoms with Gasteiger partial charge in [0.2, 0.25) is 0 Å². The molecule has 0 aliphatic rings. The summed E-state index contributed by atoms with van der Waals surface area (Å²) in [5, 5.41) is 4.76. The number of hydrogen-bond donors (Lipinski definition) is 0. The summed E-state index contributed by atoms with van der Waals surface area (Å²) >= 11 is 0. The maximum atomic E-state index is 6.68. The van der Waals surface area contributed by atoms with Crippen molar-refractivity contribution in [2.75, 3.05) is 4.90 Å². The van der Waals surface area contributed by atoms with Gasteiger partial charge in [0.25, 0.3) is 0 Å². The minimum atomic E-state index is 0.890. The Kier molecular flexibility index (Phi) is 9.84. The first kappa shape index (κ1) is 40.1. The molecule has 0 radical (unpaired) electrons. The molecule has 324 valence electrons. The zero-order valence-electron chi connectivity index (χ0n) is 37.7. The Morgan fingerprint density at radius 1 is 0.290 bits per heavy atom. The topological polar surface area (TPSA) is 21.3 Å². The van der Waals surface area contributed by atoms with Gasteiger partial charge >= 0.3 is 0 Å². The van der Waals surface area contributed by atoms with E-state index in [2.05, 4.69) is 270 Å². The molecular formula is C66H44N2O. The van der Waals surface area contributed by atoms with Gasteiger partial charge in [-0.2, -0.15) is 0 Å². The Bertz CT molecular complexity index is 3940. The highest BCUT2D eigenvalue weighted by molar-refractivity contribution is 6.13. The van der Waals surface area contributed by atoms with Crippen LogP contribution in [0.3, 0.4) is 0 Å². The van der Waals surface area contributed by atoms with Gasteiger partial charge in [0.05, 0.1) is 11.0 Å². The summed E-state index contributed by atoms with van der Waals surface area (Å²) < 4.78 is 9.06. The number of hydrogen-bond acceptors (Lipinski definition) is 2. The Morgan fingerprint density at radius 2 is 0.768 bits per heavy atom. The molecule has 0 saturated carbocycles. The Morgan fingerprint density at radius 3 is 1.43 bits per heavy atom. The van der Waals surface area contributed by atoms with Crippen LogP contribution in [-0.2, 0) is 0 Å². The molecule has 13 rings (SSSR count). The number of nitrogens with zero attached hydrogens (tertiary/aromatic N) is 2. The highest BCUT2D eigenvalue weighted by Gasteiger charge is 2.20. The highest BCUT2D eigenvalue weighted by Crippen LogP contribution is 2.45. The molecule has 13 aromatic rings. The zero-order valence-corrected chi connectivity index (χ0v) is 37.7. The van der Waals surface area contributed by atoms with Crippen LogP contribution in [0.15, 0.2) is 271 Å². The fraction of sp³-hybridized carbons (Fsp3) is 0. The summed E-state index contributed by atoms with van der Waals surface area (Å²) in [7, 11) is 0. The van der Waals surface area contributed by atoms with E-state index in [1.807, 2.05) is 6.07 Å². The first-order chi connectivity index (χ1) is 34.2. The normalized spacial score (nSPS) is 11.5. The number of para-hydroxylation sites is 3. The van der Waals surface area contributed by atoms with E-state index in [4.69, 9.17) is 4.42 Å². The number of benzene rings is 11. The molecule has 0 aliphatic carbocycles. The van der Waals surface area contributed by atoms with E-state index in [1.165, 1.54) is 38.5 Å². The smallest absolute Gasteiger partial charge is 0.143 e. The molecule has 2 heterocycles. The molecule has 69 heavy (non-hydrogen) atoms. The summed E-state index contributed by atoms with van der Waals surface area (Å²) in [5.41, 5.74) is 20.0. The molecule has 0 saturated heterocycles. The lowest BCUT2D eigenvalue weighted by Crippen LogP contribution is -2.10. The van der Waals surface area contributed by atoms with Crippen molar-refractivity contribution in [3.8, 4) is 61.3 Å². The molecule has 0 unspecified atom stereocenters. The van der Waals surface area contributed by atoms with Crippen molar-refractivity contribution in [1.82, 2.24) is 4.57 Å². The number of fused-ring (bicyclic) bond motifs is 6. The van der Waals surface area contributed by atoms with E-state index in [0.29, 0.717) is 0 Å². The lowest BCUT2D eigenvalue weighted by molar-refractivity contribution is 0.670. The third-order valence-electron chi connectivity index (χ3n) is 13.6. The standard InChI is InChI=1S/C66H44N2O/c1-3-16-45(17-4-1)50-20-13-23-54(42-50)67(55-24-15-22-52(44-55)57-40-41-61-60-28-9-12-31-64(60)69-66(61)65(57)49-18-5-2-6-19-49)53-38-36-47(37-39-53)46-32-34-48(35-33-46)51-21-14-25-56(43-51)68-62-29-10-7-26-58(62)59-27-8-11-30-63(59)68/h1-44H. The van der Waals surface area contributed by atoms with E-state index >= 15 is 0 Å². The average Bonchev–Trinajstić information content (AvgIpc) is 3.98. The van der Waals surface area contributed by atoms with Crippen LogP contribution < -0.4 is 4.90 Å². The van der Waals surface area contributed by atoms with Gasteiger partial charge in [0.15, 0.2) is 0 Å². The van der Waals surface area contributed by atoms with Gasteiger partial charge in [0.1, 0.15) is 11.2 Å². The van der Waals surface area contributed by atoms with Gasteiger partial charge in [-0.25, -0.2) is 0 Å². The maximum Gasteiger partial charge on any atom is 0.143 e. The first-order valence-electron chi connectivity index (χ1n) is 23.6. The molecule has 0 fully saturated rings. The van der Waals surface area contributed by atoms with E-state index in [-0.39, 0.29) is 0 Å². The second-order valence-corrected chi connectivity index (χ2v) is 17.7. The predicted molar refractivity (Wildman–Crippen MR) is 290 cm³/mol. The zero-order chi connectivity index (χ0) is 45.7. The van der Waals surface area contributed by atoms with Gasteiger partial charge in [-0.1, -0.05) is 194 Å². The minimum absolute atomic E-state index is 0.890. The molecule has 3 heteroatoms. The highest BCUT2D eigenvalue weighted by atomic mass is 16.3. The first-order valence-corrected chi connectivity index (χ1v) is 23.6. The Balaban J connectivity index is 0.872. The lowest BCUT2D eigenvalue weighted by Gasteiger charge is -2.27. The number of aromatic nitrogens is 1. The predicted octanol–water partition coefficient (Wildman–Crippen LogP) is 18.5. The van der Waals surface area contributed by atoms with Crippen LogP contribution in [0, 0.1) is 0 Å². The minimum Gasteiger partial charge on any atom is -0.455 e. The van der Waals surface area contributed by atoms with E-state index in [1.54, 1.807) is 0 Å². The molecule has 0 aliphatic heterocycles. The van der Waals surface area contributed by atoms with Crippen LogP contribution in [0.4, 0.5) is 17.1 Å². The lowest BCUT2D eigenvalue weighted by atomic mass is 9.92. The maximum absolute atomic E-state index is 6.68. The molecule has 3 nitrogen and oxygen atoms in total. The van der Waals surface area contributed by atoms with Crippen molar-refractivity contribution in [2.45, 2.75) is 0 Å². The van der Waals surface area contributed by atoms with Crippen molar-refractivity contribution >= 4 is 60.8 Å². The molecule has 2 aromatic heterocycles. The summed E-state index contributed by atoms with van der Waals surface area (Å²) in [4.78, 5) is 2.37. The van der Waals surface area contributed by atoms with Gasteiger partial charge in [-0.3, -0.25) is 0 Å². The van der Waals surface area contributed by atoms with Gasteiger partial charge in [-0.15, -0.1) is 0 Å². The quantitative estimate of drug-likeness (QED) is 0.144. The molecule has 0 amide bonds. The van der Waals surface area contributed by atoms with Crippen molar-refractivity contribution in [2.24, 2.45) is 0 Å². The van der Waals surface area contributed by atoms with Crippen molar-refractivity contribution in [3.05, 3.63) is 267 Å². The van der Waals surface area contributed by atoms with Gasteiger partial charge in [0, 0.05) is 49.9 Å².